The molecule has 1 aromatic rings. The summed E-state index contributed by atoms with van der Waals surface area (Å²) in [6.07, 6.45) is 0. The van der Waals surface area contributed by atoms with Gasteiger partial charge in [-0.2, -0.15) is 0 Å². The highest BCUT2D eigenvalue weighted by molar-refractivity contribution is 8.31. The third kappa shape index (κ3) is 2.14. The number of carbonyl (C=O) groups is 2. The van der Waals surface area contributed by atoms with Gasteiger partial charge in [0.15, 0.2) is 0 Å². The second-order valence-electron chi connectivity index (χ2n) is 3.61. The summed E-state index contributed by atoms with van der Waals surface area (Å²) >= 11 is 3.13. The number of benzene rings is 1. The van der Waals surface area contributed by atoms with Crippen molar-refractivity contribution in [3.8, 4) is 0 Å². The Morgan fingerprint density at radius 2 is 1.88 bits per heavy atom. The average Bonchev–Trinajstić information content (AvgIpc) is 2.13. The predicted molar refractivity (Wildman–Crippen MR) is 67.9 cm³/mol. The van der Waals surface area contributed by atoms with Gasteiger partial charge in [0.25, 0.3) is 0 Å². The van der Waals surface area contributed by atoms with Crippen molar-refractivity contribution in [1.29, 1.82) is 0 Å². The summed E-state index contributed by atoms with van der Waals surface area (Å²) in [5.41, 5.74) is 1.27. The zero-order chi connectivity index (χ0) is 12.6. The lowest BCUT2D eigenvalue weighted by Gasteiger charge is -2.27. The summed E-state index contributed by atoms with van der Waals surface area (Å²) in [6.45, 7) is 1.69. The molecular formula is C11H10O4S2. The molecule has 0 bridgehead atoms. The van der Waals surface area contributed by atoms with Crippen LogP contribution in [0.2, 0.25) is 0 Å². The van der Waals surface area contributed by atoms with Crippen molar-refractivity contribution in [2.75, 3.05) is 5.08 Å². The number of carboxylic acid groups (broad SMARTS) is 2. The maximum atomic E-state index is 11.3. The molecule has 90 valence electrons. The molecule has 1 aromatic carbocycles. The van der Waals surface area contributed by atoms with Crippen LogP contribution < -0.4 is 0 Å². The summed E-state index contributed by atoms with van der Waals surface area (Å²) in [5.74, 6) is -2.13. The SMILES string of the molecule is Cc1ccc(C(=O)O)c(C2SCS2)c1C(=O)O. The first kappa shape index (κ1) is 12.3. The normalized spacial score (nSPS) is 15.4. The van der Waals surface area contributed by atoms with E-state index in [9.17, 15) is 14.7 Å². The first-order valence-corrected chi connectivity index (χ1v) is 6.95. The molecule has 2 N–H and O–H groups in total. The predicted octanol–water partition coefficient (Wildman–Crippen LogP) is 2.83. The van der Waals surface area contributed by atoms with E-state index >= 15 is 0 Å². The first-order valence-electron chi connectivity index (χ1n) is 4.85. The summed E-state index contributed by atoms with van der Waals surface area (Å²) in [5, 5.41) is 19.2. The number of carboxylic acids is 2. The molecular weight excluding hydrogens is 260 g/mol. The maximum Gasteiger partial charge on any atom is 0.336 e. The maximum absolute atomic E-state index is 11.3. The Kier molecular flexibility index (Phi) is 3.35. The minimum absolute atomic E-state index is 0.0768. The fraction of sp³-hybridized carbons (Fsp3) is 0.273. The molecule has 4 nitrogen and oxygen atoms in total. The number of aromatic carboxylic acids is 2. The highest BCUT2D eigenvalue weighted by Crippen LogP contribution is 2.53. The van der Waals surface area contributed by atoms with Crippen LogP contribution in [0.1, 0.15) is 36.4 Å². The minimum atomic E-state index is -1.07. The number of hydrogen-bond donors (Lipinski definition) is 2. The van der Waals surface area contributed by atoms with Crippen LogP contribution in [0.5, 0.6) is 0 Å². The molecule has 1 fully saturated rings. The van der Waals surface area contributed by atoms with Crippen molar-refractivity contribution in [2.24, 2.45) is 0 Å². The molecule has 0 aromatic heterocycles. The zero-order valence-corrected chi connectivity index (χ0v) is 10.6. The molecule has 0 aliphatic carbocycles. The van der Waals surface area contributed by atoms with E-state index in [1.807, 2.05) is 0 Å². The molecule has 2 rings (SSSR count). The lowest BCUT2D eigenvalue weighted by atomic mass is 9.97. The van der Waals surface area contributed by atoms with Crippen LogP contribution in [-0.4, -0.2) is 27.2 Å². The number of rotatable bonds is 3. The van der Waals surface area contributed by atoms with Crippen LogP contribution in [0.3, 0.4) is 0 Å². The standard InChI is InChI=1S/C11H10O4S2/c1-5-2-3-6(9(12)13)8(7(5)10(14)15)11-16-4-17-11/h2-3,11H,4H2,1H3,(H,12,13)(H,14,15). The molecule has 0 amide bonds. The minimum Gasteiger partial charge on any atom is -0.478 e. The van der Waals surface area contributed by atoms with Crippen molar-refractivity contribution in [3.05, 3.63) is 34.4 Å². The highest BCUT2D eigenvalue weighted by Gasteiger charge is 2.31. The van der Waals surface area contributed by atoms with Crippen molar-refractivity contribution in [3.63, 3.8) is 0 Å². The van der Waals surface area contributed by atoms with E-state index < -0.39 is 11.9 Å². The molecule has 1 saturated heterocycles. The molecule has 1 aliphatic rings. The Labute approximate surface area is 106 Å². The largest absolute Gasteiger partial charge is 0.478 e. The van der Waals surface area contributed by atoms with Gasteiger partial charge in [-0.05, 0) is 18.6 Å². The fourth-order valence-corrected chi connectivity index (χ4v) is 3.66. The summed E-state index contributed by atoms with van der Waals surface area (Å²) in [6, 6.07) is 3.03. The number of aryl methyl sites for hydroxylation is 1. The molecule has 0 unspecified atom stereocenters. The van der Waals surface area contributed by atoms with E-state index in [0.29, 0.717) is 11.1 Å². The molecule has 0 atom stereocenters. The average molecular weight is 270 g/mol. The van der Waals surface area contributed by atoms with Crippen molar-refractivity contribution in [1.82, 2.24) is 0 Å². The van der Waals surface area contributed by atoms with Gasteiger partial charge in [-0.15, -0.1) is 23.5 Å². The van der Waals surface area contributed by atoms with Gasteiger partial charge in [-0.25, -0.2) is 9.59 Å². The molecule has 17 heavy (non-hydrogen) atoms. The summed E-state index contributed by atoms with van der Waals surface area (Å²) in [4.78, 5) is 22.4. The monoisotopic (exact) mass is 270 g/mol. The molecule has 0 radical (unpaired) electrons. The van der Waals surface area contributed by atoms with E-state index in [0.717, 1.165) is 5.08 Å². The van der Waals surface area contributed by atoms with Gasteiger partial charge in [0.05, 0.1) is 15.7 Å². The molecule has 6 heteroatoms. The zero-order valence-electron chi connectivity index (χ0n) is 8.97. The van der Waals surface area contributed by atoms with Gasteiger partial charge in [-0.1, -0.05) is 6.07 Å². The van der Waals surface area contributed by atoms with E-state index in [1.165, 1.54) is 6.07 Å². The molecule has 1 heterocycles. The Hall–Kier alpha value is -1.14. The second-order valence-corrected chi connectivity index (χ2v) is 6.46. The van der Waals surface area contributed by atoms with Crippen LogP contribution >= 0.6 is 23.5 Å². The Morgan fingerprint density at radius 1 is 1.24 bits per heavy atom. The lowest BCUT2D eigenvalue weighted by Crippen LogP contribution is -2.15. The molecule has 0 spiro atoms. The van der Waals surface area contributed by atoms with Gasteiger partial charge >= 0.3 is 11.9 Å². The summed E-state index contributed by atoms with van der Waals surface area (Å²) < 4.78 is -0.0768. The van der Waals surface area contributed by atoms with Gasteiger partial charge in [0.2, 0.25) is 0 Å². The van der Waals surface area contributed by atoms with Crippen molar-refractivity contribution >= 4 is 35.5 Å². The van der Waals surface area contributed by atoms with E-state index in [-0.39, 0.29) is 15.7 Å². The third-order valence-corrected chi connectivity index (χ3v) is 5.55. The van der Waals surface area contributed by atoms with Crippen LogP contribution in [0.15, 0.2) is 12.1 Å². The Morgan fingerprint density at radius 3 is 2.29 bits per heavy atom. The van der Waals surface area contributed by atoms with E-state index in [2.05, 4.69) is 0 Å². The van der Waals surface area contributed by atoms with Crippen LogP contribution in [0, 0.1) is 6.92 Å². The van der Waals surface area contributed by atoms with E-state index in [1.54, 1.807) is 36.5 Å². The van der Waals surface area contributed by atoms with E-state index in [4.69, 9.17) is 5.11 Å². The topological polar surface area (TPSA) is 74.6 Å². The van der Waals surface area contributed by atoms with Gasteiger partial charge in [-0.3, -0.25) is 0 Å². The number of thioether (sulfide) groups is 2. The van der Waals surface area contributed by atoms with Gasteiger partial charge in [0.1, 0.15) is 0 Å². The highest BCUT2D eigenvalue weighted by atomic mass is 32.3. The van der Waals surface area contributed by atoms with Gasteiger partial charge in [0, 0.05) is 10.6 Å². The van der Waals surface area contributed by atoms with Crippen molar-refractivity contribution in [2.45, 2.75) is 11.5 Å². The second kappa shape index (κ2) is 4.62. The quantitative estimate of drug-likeness (QED) is 0.879. The molecule has 1 aliphatic heterocycles. The van der Waals surface area contributed by atoms with Crippen molar-refractivity contribution < 1.29 is 19.8 Å². The Bertz CT molecular complexity index is 494. The molecule has 0 saturated carbocycles. The van der Waals surface area contributed by atoms with Crippen LogP contribution in [-0.2, 0) is 0 Å². The van der Waals surface area contributed by atoms with Gasteiger partial charge < -0.3 is 10.2 Å². The smallest absolute Gasteiger partial charge is 0.336 e. The Balaban J connectivity index is 2.66. The van der Waals surface area contributed by atoms with Crippen LogP contribution in [0.4, 0.5) is 0 Å². The number of hydrogen-bond acceptors (Lipinski definition) is 4. The third-order valence-electron chi connectivity index (χ3n) is 2.57. The first-order chi connectivity index (χ1) is 8.02. The fourth-order valence-electron chi connectivity index (χ4n) is 1.75. The van der Waals surface area contributed by atoms with Crippen LogP contribution in [0.25, 0.3) is 0 Å². The summed E-state index contributed by atoms with van der Waals surface area (Å²) in [7, 11) is 0. The lowest BCUT2D eigenvalue weighted by molar-refractivity contribution is 0.0695.